The first-order valence-corrected chi connectivity index (χ1v) is 6.23. The summed E-state index contributed by atoms with van der Waals surface area (Å²) in [5, 5.41) is 9.75. The smallest absolute Gasteiger partial charge is 0.261 e. The number of benzene rings is 1. The molecule has 1 aromatic carbocycles. The third kappa shape index (κ3) is 2.49. The lowest BCUT2D eigenvalue weighted by molar-refractivity contribution is 0.102. The Hall–Kier alpha value is -1.53. The number of carbonyl (C=O) groups excluding carboxylic acids is 1. The van der Waals surface area contributed by atoms with Gasteiger partial charge in [-0.2, -0.15) is 5.10 Å². The van der Waals surface area contributed by atoms with Gasteiger partial charge in [-0.15, -0.1) is 0 Å². The van der Waals surface area contributed by atoms with Gasteiger partial charge in [-0.3, -0.25) is 9.89 Å². The molecular weight excluding hydrogens is 320 g/mol. The molecule has 0 radical (unpaired) electrons. The molecule has 0 atom stereocenters. The van der Waals surface area contributed by atoms with Gasteiger partial charge in [0.25, 0.3) is 5.91 Å². The lowest BCUT2D eigenvalue weighted by Crippen LogP contribution is -2.14. The van der Waals surface area contributed by atoms with Crippen molar-refractivity contribution in [2.75, 3.05) is 11.1 Å². The minimum absolute atomic E-state index is 0.176. The van der Waals surface area contributed by atoms with Gasteiger partial charge in [-0.25, -0.2) is 0 Å². The highest BCUT2D eigenvalue weighted by Crippen LogP contribution is 2.26. The molecule has 0 aliphatic heterocycles. The summed E-state index contributed by atoms with van der Waals surface area (Å²) < 4.78 is 0.697. The molecule has 18 heavy (non-hydrogen) atoms. The molecule has 0 fully saturated rings. The number of H-pyrrole nitrogens is 1. The summed E-state index contributed by atoms with van der Waals surface area (Å²) in [6.45, 7) is 1.73. The van der Waals surface area contributed by atoms with Crippen LogP contribution >= 0.6 is 27.5 Å². The molecule has 0 saturated heterocycles. The van der Waals surface area contributed by atoms with Crippen LogP contribution in [0.1, 0.15) is 16.1 Å². The van der Waals surface area contributed by atoms with E-state index < -0.39 is 0 Å². The monoisotopic (exact) mass is 328 g/mol. The Morgan fingerprint density at radius 3 is 2.83 bits per heavy atom. The largest absolute Gasteiger partial charge is 0.382 e. The van der Waals surface area contributed by atoms with Crippen LogP contribution in [-0.2, 0) is 0 Å². The molecule has 0 saturated carbocycles. The average molecular weight is 330 g/mol. The van der Waals surface area contributed by atoms with Gasteiger partial charge in [0.05, 0.1) is 5.69 Å². The number of nitrogens with one attached hydrogen (secondary N) is 2. The molecule has 5 nitrogen and oxygen atoms in total. The van der Waals surface area contributed by atoms with Crippen molar-refractivity contribution >= 4 is 44.9 Å². The van der Waals surface area contributed by atoms with E-state index >= 15 is 0 Å². The van der Waals surface area contributed by atoms with Gasteiger partial charge in [0.15, 0.2) is 5.82 Å². The first kappa shape index (κ1) is 12.9. The number of nitrogens with two attached hydrogens (primary N) is 1. The minimum Gasteiger partial charge on any atom is -0.382 e. The van der Waals surface area contributed by atoms with E-state index in [9.17, 15) is 4.79 Å². The highest BCUT2D eigenvalue weighted by atomic mass is 79.9. The predicted molar refractivity (Wildman–Crippen MR) is 74.8 cm³/mol. The summed E-state index contributed by atoms with van der Waals surface area (Å²) >= 11 is 9.15. The fraction of sp³-hybridized carbons (Fsp3) is 0.0909. The molecule has 4 N–H and O–H groups in total. The Kier molecular flexibility index (Phi) is 3.58. The number of nitrogens with zero attached hydrogens (tertiary/aromatic N) is 1. The molecule has 0 aliphatic rings. The van der Waals surface area contributed by atoms with Gasteiger partial charge in [-0.1, -0.05) is 11.6 Å². The molecule has 1 amide bonds. The molecular formula is C11H10BrClN4O. The van der Waals surface area contributed by atoms with Crippen molar-refractivity contribution in [2.24, 2.45) is 0 Å². The zero-order valence-corrected chi connectivity index (χ0v) is 11.8. The minimum atomic E-state index is -0.318. The second-order valence-electron chi connectivity index (χ2n) is 3.69. The van der Waals surface area contributed by atoms with Crippen LogP contribution in [0.4, 0.5) is 11.5 Å². The van der Waals surface area contributed by atoms with Crippen molar-refractivity contribution in [2.45, 2.75) is 6.92 Å². The van der Waals surface area contributed by atoms with Gasteiger partial charge in [0.2, 0.25) is 0 Å². The normalized spacial score (nSPS) is 10.4. The third-order valence-corrected chi connectivity index (χ3v) is 3.27. The summed E-state index contributed by atoms with van der Waals surface area (Å²) in [5.41, 5.74) is 7.20. The van der Waals surface area contributed by atoms with Crippen molar-refractivity contribution in [3.8, 4) is 0 Å². The number of halogens is 2. The van der Waals surface area contributed by atoms with E-state index in [1.807, 2.05) is 0 Å². The van der Waals surface area contributed by atoms with Crippen molar-refractivity contribution in [1.29, 1.82) is 0 Å². The second kappa shape index (κ2) is 4.99. The number of aryl methyl sites for hydroxylation is 1. The van der Waals surface area contributed by atoms with Crippen molar-refractivity contribution in [3.05, 3.63) is 39.0 Å². The number of amides is 1. The van der Waals surface area contributed by atoms with Gasteiger partial charge in [-0.05, 0) is 41.1 Å². The van der Waals surface area contributed by atoms with Crippen LogP contribution in [0.25, 0.3) is 0 Å². The first-order chi connectivity index (χ1) is 8.49. The van der Waals surface area contributed by atoms with Crippen LogP contribution in [0.2, 0.25) is 5.02 Å². The van der Waals surface area contributed by atoms with Crippen LogP contribution in [-0.4, -0.2) is 16.1 Å². The van der Waals surface area contributed by atoms with E-state index in [0.717, 1.165) is 0 Å². The highest BCUT2D eigenvalue weighted by Gasteiger charge is 2.17. The number of hydrogen-bond donors (Lipinski definition) is 3. The van der Waals surface area contributed by atoms with Crippen LogP contribution in [0.5, 0.6) is 0 Å². The fourth-order valence-electron chi connectivity index (χ4n) is 1.51. The summed E-state index contributed by atoms with van der Waals surface area (Å²) in [6, 6.07) is 5.09. The van der Waals surface area contributed by atoms with Crippen LogP contribution < -0.4 is 11.1 Å². The number of hydrogen-bond acceptors (Lipinski definition) is 3. The second-order valence-corrected chi connectivity index (χ2v) is 4.98. The van der Waals surface area contributed by atoms with E-state index in [4.69, 9.17) is 17.3 Å². The molecule has 1 aromatic heterocycles. The third-order valence-electron chi connectivity index (χ3n) is 2.38. The molecule has 2 rings (SSSR count). The predicted octanol–water partition coefficient (Wildman–Crippen LogP) is 2.97. The Balaban J connectivity index is 2.27. The molecule has 0 aliphatic carbocycles. The van der Waals surface area contributed by atoms with Gasteiger partial charge in [0, 0.05) is 15.2 Å². The molecule has 2 aromatic rings. The van der Waals surface area contributed by atoms with E-state index in [1.165, 1.54) is 0 Å². The maximum Gasteiger partial charge on any atom is 0.261 e. The zero-order chi connectivity index (χ0) is 13.3. The summed E-state index contributed by atoms with van der Waals surface area (Å²) in [6.07, 6.45) is 0. The van der Waals surface area contributed by atoms with Gasteiger partial charge < -0.3 is 11.1 Å². The number of rotatable bonds is 2. The molecule has 0 bridgehead atoms. The quantitative estimate of drug-likeness (QED) is 0.792. The molecule has 0 spiro atoms. The number of anilines is 2. The Morgan fingerprint density at radius 1 is 1.56 bits per heavy atom. The lowest BCUT2D eigenvalue weighted by atomic mass is 10.2. The summed E-state index contributed by atoms with van der Waals surface area (Å²) in [7, 11) is 0. The van der Waals surface area contributed by atoms with E-state index in [1.54, 1.807) is 25.1 Å². The molecule has 0 unspecified atom stereocenters. The first-order valence-electron chi connectivity index (χ1n) is 5.06. The standard InChI is InChI=1S/C11H10BrClN4O/c1-5-9(10(14)17-16-5)11(18)15-8-3-2-6(13)4-7(8)12/h2-4H,1H3,(H,15,18)(H3,14,16,17). The summed E-state index contributed by atoms with van der Waals surface area (Å²) in [5.74, 6) is -0.142. The van der Waals surface area contributed by atoms with Crippen LogP contribution in [0, 0.1) is 6.92 Å². The number of aromatic nitrogens is 2. The fourth-order valence-corrected chi connectivity index (χ4v) is 2.29. The van der Waals surface area contributed by atoms with E-state index in [0.29, 0.717) is 26.4 Å². The SMILES string of the molecule is Cc1[nH]nc(N)c1C(=O)Nc1ccc(Cl)cc1Br. The molecule has 1 heterocycles. The Morgan fingerprint density at radius 2 is 2.28 bits per heavy atom. The van der Waals surface area contributed by atoms with Gasteiger partial charge >= 0.3 is 0 Å². The van der Waals surface area contributed by atoms with Crippen molar-refractivity contribution in [3.63, 3.8) is 0 Å². The zero-order valence-electron chi connectivity index (χ0n) is 9.42. The molecule has 94 valence electrons. The maximum absolute atomic E-state index is 12.0. The Bertz CT molecular complexity index is 592. The number of nitrogen functional groups attached to an aromatic ring is 1. The van der Waals surface area contributed by atoms with Crippen LogP contribution in [0.3, 0.4) is 0 Å². The summed E-state index contributed by atoms with van der Waals surface area (Å²) in [4.78, 5) is 12.0. The van der Waals surface area contributed by atoms with E-state index in [2.05, 4.69) is 31.4 Å². The van der Waals surface area contributed by atoms with E-state index in [-0.39, 0.29) is 11.7 Å². The van der Waals surface area contributed by atoms with Crippen LogP contribution in [0.15, 0.2) is 22.7 Å². The average Bonchev–Trinajstić information content (AvgIpc) is 2.62. The molecule has 7 heteroatoms. The van der Waals surface area contributed by atoms with Crippen molar-refractivity contribution < 1.29 is 4.79 Å². The number of aromatic amines is 1. The highest BCUT2D eigenvalue weighted by molar-refractivity contribution is 9.10. The number of carbonyl (C=O) groups is 1. The van der Waals surface area contributed by atoms with Gasteiger partial charge in [0.1, 0.15) is 5.56 Å². The Labute approximate surface area is 117 Å². The topological polar surface area (TPSA) is 83.8 Å². The van der Waals surface area contributed by atoms with Crippen molar-refractivity contribution in [1.82, 2.24) is 10.2 Å². The lowest BCUT2D eigenvalue weighted by Gasteiger charge is -2.07. The maximum atomic E-state index is 12.0.